The van der Waals surface area contributed by atoms with Crippen LogP contribution in [0, 0.1) is 12.8 Å². The minimum Gasteiger partial charge on any atom is -0.357 e. The van der Waals surface area contributed by atoms with Gasteiger partial charge >= 0.3 is 0 Å². The molecule has 1 aromatic heterocycles. The monoisotopic (exact) mass is 337 g/mol. The Labute approximate surface area is 149 Å². The molecule has 0 bridgehead atoms. The second-order valence-corrected chi connectivity index (χ2v) is 7.46. The first-order chi connectivity index (χ1) is 12.2. The number of anilines is 1. The highest BCUT2D eigenvalue weighted by Gasteiger charge is 2.29. The average Bonchev–Trinajstić information content (AvgIpc) is 2.68. The van der Waals surface area contributed by atoms with Crippen LogP contribution >= 0.6 is 0 Å². The average molecular weight is 337 g/mol. The third-order valence-corrected chi connectivity index (χ3v) is 5.75. The van der Waals surface area contributed by atoms with E-state index in [0.717, 1.165) is 50.4 Å². The van der Waals surface area contributed by atoms with Crippen LogP contribution in [0.2, 0.25) is 0 Å². The Morgan fingerprint density at radius 2 is 1.76 bits per heavy atom. The molecule has 1 aromatic carbocycles. The fourth-order valence-corrected chi connectivity index (χ4v) is 4.22. The quantitative estimate of drug-likeness (QED) is 0.837. The summed E-state index contributed by atoms with van der Waals surface area (Å²) in [5, 5.41) is 1.22. The molecule has 2 aromatic rings. The van der Waals surface area contributed by atoms with E-state index in [1.54, 1.807) is 0 Å². The highest BCUT2D eigenvalue weighted by molar-refractivity contribution is 5.84. The van der Waals surface area contributed by atoms with Gasteiger partial charge in [0.05, 0.1) is 5.52 Å². The van der Waals surface area contributed by atoms with Gasteiger partial charge in [-0.2, -0.15) is 0 Å². The lowest BCUT2D eigenvalue weighted by Crippen LogP contribution is -2.44. The van der Waals surface area contributed by atoms with Crippen LogP contribution in [0.25, 0.3) is 10.9 Å². The van der Waals surface area contributed by atoms with E-state index in [9.17, 15) is 4.79 Å². The normalized spacial score (nSPS) is 19.4. The Morgan fingerprint density at radius 3 is 2.52 bits per heavy atom. The van der Waals surface area contributed by atoms with Crippen molar-refractivity contribution in [3.8, 4) is 0 Å². The van der Waals surface area contributed by atoms with Gasteiger partial charge in [-0.25, -0.2) is 4.98 Å². The van der Waals surface area contributed by atoms with Gasteiger partial charge in [0.2, 0.25) is 5.91 Å². The molecule has 2 fully saturated rings. The van der Waals surface area contributed by atoms with Gasteiger partial charge in [-0.3, -0.25) is 4.79 Å². The predicted octanol–water partition coefficient (Wildman–Crippen LogP) is 3.77. The number of fused-ring (bicyclic) bond motifs is 1. The standard InChI is InChI=1S/C21H27N3O/c1-16-15-20(22-19-8-4-3-7-18(16)19)23-13-9-17(10-14-23)21(25)24-11-5-2-6-12-24/h3-4,7-8,15,17H,2,5-6,9-14H2,1H3. The summed E-state index contributed by atoms with van der Waals surface area (Å²) in [4.78, 5) is 22.0. The molecule has 2 aliphatic heterocycles. The van der Waals surface area contributed by atoms with E-state index in [1.807, 2.05) is 6.07 Å². The Hall–Kier alpha value is -2.10. The zero-order valence-corrected chi connectivity index (χ0v) is 15.1. The summed E-state index contributed by atoms with van der Waals surface area (Å²) in [6.07, 6.45) is 5.51. The predicted molar refractivity (Wildman–Crippen MR) is 102 cm³/mol. The molecule has 0 radical (unpaired) electrons. The molecule has 25 heavy (non-hydrogen) atoms. The smallest absolute Gasteiger partial charge is 0.225 e. The van der Waals surface area contributed by atoms with Crippen molar-refractivity contribution in [2.75, 3.05) is 31.1 Å². The number of pyridine rings is 1. The molecule has 2 saturated heterocycles. The number of nitrogens with zero attached hydrogens (tertiary/aromatic N) is 3. The molecular formula is C21H27N3O. The Balaban J connectivity index is 1.44. The molecule has 0 atom stereocenters. The molecule has 0 N–H and O–H groups in total. The molecule has 3 heterocycles. The lowest BCUT2D eigenvalue weighted by molar-refractivity contribution is -0.137. The van der Waals surface area contributed by atoms with Gasteiger partial charge in [-0.15, -0.1) is 0 Å². The Morgan fingerprint density at radius 1 is 1.04 bits per heavy atom. The van der Waals surface area contributed by atoms with Crippen molar-refractivity contribution in [3.05, 3.63) is 35.9 Å². The van der Waals surface area contributed by atoms with Crippen molar-refractivity contribution >= 4 is 22.6 Å². The summed E-state index contributed by atoms with van der Waals surface area (Å²) in [7, 11) is 0. The first kappa shape index (κ1) is 16.4. The molecule has 4 rings (SSSR count). The molecule has 132 valence electrons. The van der Waals surface area contributed by atoms with E-state index in [1.165, 1.54) is 30.2 Å². The summed E-state index contributed by atoms with van der Waals surface area (Å²) in [5.41, 5.74) is 2.33. The highest BCUT2D eigenvalue weighted by atomic mass is 16.2. The first-order valence-electron chi connectivity index (χ1n) is 9.62. The maximum Gasteiger partial charge on any atom is 0.225 e. The number of rotatable bonds is 2. The van der Waals surface area contributed by atoms with Crippen LogP contribution in [-0.4, -0.2) is 42.0 Å². The fourth-order valence-electron chi connectivity index (χ4n) is 4.22. The minimum atomic E-state index is 0.205. The number of hydrogen-bond donors (Lipinski definition) is 0. The maximum atomic E-state index is 12.7. The van der Waals surface area contributed by atoms with Crippen LogP contribution in [-0.2, 0) is 4.79 Å². The van der Waals surface area contributed by atoms with Crippen molar-refractivity contribution < 1.29 is 4.79 Å². The van der Waals surface area contributed by atoms with Gasteiger partial charge < -0.3 is 9.80 Å². The highest BCUT2D eigenvalue weighted by Crippen LogP contribution is 2.27. The second kappa shape index (κ2) is 7.03. The number of piperidine rings is 2. The zero-order chi connectivity index (χ0) is 17.2. The van der Waals surface area contributed by atoms with E-state index in [2.05, 4.69) is 41.0 Å². The van der Waals surface area contributed by atoms with Crippen LogP contribution in [0.4, 0.5) is 5.82 Å². The van der Waals surface area contributed by atoms with Gasteiger partial charge in [-0.1, -0.05) is 18.2 Å². The summed E-state index contributed by atoms with van der Waals surface area (Å²) in [5.74, 6) is 1.65. The molecule has 0 unspecified atom stereocenters. The molecule has 1 amide bonds. The van der Waals surface area contributed by atoms with Crippen LogP contribution in [0.5, 0.6) is 0 Å². The van der Waals surface area contributed by atoms with Crippen molar-refractivity contribution in [3.63, 3.8) is 0 Å². The largest absolute Gasteiger partial charge is 0.357 e. The Kier molecular flexibility index (Phi) is 4.60. The third kappa shape index (κ3) is 3.35. The van der Waals surface area contributed by atoms with E-state index in [-0.39, 0.29) is 5.92 Å². The number of benzene rings is 1. The van der Waals surface area contributed by atoms with Gasteiger partial charge in [0.25, 0.3) is 0 Å². The van der Waals surface area contributed by atoms with Gasteiger partial charge in [-0.05, 0) is 56.7 Å². The minimum absolute atomic E-state index is 0.205. The number of amides is 1. The first-order valence-corrected chi connectivity index (χ1v) is 9.62. The third-order valence-electron chi connectivity index (χ3n) is 5.75. The van der Waals surface area contributed by atoms with Crippen LogP contribution < -0.4 is 4.90 Å². The van der Waals surface area contributed by atoms with Crippen LogP contribution in [0.1, 0.15) is 37.7 Å². The molecule has 0 spiro atoms. The van der Waals surface area contributed by atoms with E-state index in [0.29, 0.717) is 5.91 Å². The molecule has 4 heteroatoms. The summed E-state index contributed by atoms with van der Waals surface area (Å²) in [6, 6.07) is 10.5. The van der Waals surface area contributed by atoms with Gasteiger partial charge in [0.1, 0.15) is 5.82 Å². The number of hydrogen-bond acceptors (Lipinski definition) is 3. The second-order valence-electron chi connectivity index (χ2n) is 7.46. The molecular weight excluding hydrogens is 310 g/mol. The Bertz CT molecular complexity index is 759. The molecule has 0 aliphatic carbocycles. The molecule has 0 saturated carbocycles. The fraction of sp³-hybridized carbons (Fsp3) is 0.524. The molecule has 2 aliphatic rings. The van der Waals surface area contributed by atoms with Crippen molar-refractivity contribution in [1.29, 1.82) is 0 Å². The summed E-state index contributed by atoms with van der Waals surface area (Å²) < 4.78 is 0. The number of aryl methyl sites for hydroxylation is 1. The van der Waals surface area contributed by atoms with E-state index < -0.39 is 0 Å². The number of likely N-dealkylation sites (tertiary alicyclic amines) is 1. The van der Waals surface area contributed by atoms with Gasteiger partial charge in [0, 0.05) is 37.5 Å². The van der Waals surface area contributed by atoms with Crippen molar-refractivity contribution in [2.45, 2.75) is 39.0 Å². The number of carbonyl (C=O) groups excluding carboxylic acids is 1. The van der Waals surface area contributed by atoms with Gasteiger partial charge in [0.15, 0.2) is 0 Å². The van der Waals surface area contributed by atoms with Crippen LogP contribution in [0.15, 0.2) is 30.3 Å². The van der Waals surface area contributed by atoms with Crippen molar-refractivity contribution in [2.24, 2.45) is 5.92 Å². The van der Waals surface area contributed by atoms with E-state index in [4.69, 9.17) is 4.98 Å². The summed E-state index contributed by atoms with van der Waals surface area (Å²) >= 11 is 0. The van der Waals surface area contributed by atoms with Crippen molar-refractivity contribution in [1.82, 2.24) is 9.88 Å². The number of carbonyl (C=O) groups is 1. The number of aromatic nitrogens is 1. The molecule has 4 nitrogen and oxygen atoms in total. The maximum absolute atomic E-state index is 12.7. The zero-order valence-electron chi connectivity index (χ0n) is 15.1. The van der Waals surface area contributed by atoms with Crippen LogP contribution in [0.3, 0.4) is 0 Å². The van der Waals surface area contributed by atoms with E-state index >= 15 is 0 Å². The lowest BCUT2D eigenvalue weighted by Gasteiger charge is -2.36. The lowest BCUT2D eigenvalue weighted by atomic mass is 9.94. The number of para-hydroxylation sites is 1. The summed E-state index contributed by atoms with van der Waals surface area (Å²) in [6.45, 7) is 5.93. The SMILES string of the molecule is Cc1cc(N2CCC(C(=O)N3CCCCC3)CC2)nc2ccccc12. The topological polar surface area (TPSA) is 36.4 Å².